The molecule has 1 aliphatic heterocycles. The molecule has 172 valence electrons. The van der Waals surface area contributed by atoms with Crippen molar-refractivity contribution in [3.05, 3.63) is 35.8 Å². The molecule has 0 bridgehead atoms. The summed E-state index contributed by atoms with van der Waals surface area (Å²) in [7, 11) is 1.51. The van der Waals surface area contributed by atoms with Gasteiger partial charge in [-0.15, -0.1) is 0 Å². The SMILES string of the molecule is COc1ccc2ncc(F)c(C(=O)CC[C@H]3CCN(CCSC4CC4)C[C@H]3C(=O)O)c2c1. The second-order valence-corrected chi connectivity index (χ2v) is 10.1. The highest BCUT2D eigenvalue weighted by molar-refractivity contribution is 8.00. The molecule has 1 N–H and O–H groups in total. The second-order valence-electron chi connectivity index (χ2n) is 8.69. The molecule has 1 aliphatic carbocycles. The molecule has 2 aliphatic rings. The summed E-state index contributed by atoms with van der Waals surface area (Å²) in [5, 5.41) is 11.0. The predicted molar refractivity (Wildman–Crippen MR) is 123 cm³/mol. The second kappa shape index (κ2) is 10.2. The average molecular weight is 461 g/mol. The van der Waals surface area contributed by atoms with Crippen LogP contribution in [0, 0.1) is 17.7 Å². The minimum absolute atomic E-state index is 0.00955. The summed E-state index contributed by atoms with van der Waals surface area (Å²) in [5.74, 6) is -0.817. The smallest absolute Gasteiger partial charge is 0.308 e. The van der Waals surface area contributed by atoms with Gasteiger partial charge in [0.15, 0.2) is 11.6 Å². The number of piperidine rings is 1. The number of methoxy groups -OCH3 is 1. The standard InChI is InChI=1S/C24H29FN2O4S/c1-31-16-3-6-21-18(12-16)23(20(25)13-26-21)22(28)7-2-15-8-9-27(14-19(15)24(29)30)10-11-32-17-4-5-17/h3,6,12-13,15,17,19H,2,4-5,7-11,14H2,1H3,(H,29,30)/t15-,19+/m0/s1. The molecule has 1 aromatic heterocycles. The number of pyridine rings is 1. The van der Waals surface area contributed by atoms with Crippen LogP contribution < -0.4 is 4.74 Å². The van der Waals surface area contributed by atoms with Crippen LogP contribution in [-0.4, -0.2) is 64.5 Å². The Morgan fingerprint density at radius 3 is 2.84 bits per heavy atom. The zero-order chi connectivity index (χ0) is 22.7. The van der Waals surface area contributed by atoms with Gasteiger partial charge in [0.2, 0.25) is 0 Å². The Balaban J connectivity index is 1.40. The van der Waals surface area contributed by atoms with Gasteiger partial charge in [-0.1, -0.05) is 0 Å². The summed E-state index contributed by atoms with van der Waals surface area (Å²) in [5.41, 5.74) is 0.534. The molecule has 1 saturated heterocycles. The molecule has 0 amide bonds. The van der Waals surface area contributed by atoms with Crippen molar-refractivity contribution in [2.45, 2.75) is 37.4 Å². The predicted octanol–water partition coefficient (Wildman–Crippen LogP) is 4.26. The van der Waals surface area contributed by atoms with Gasteiger partial charge < -0.3 is 14.7 Å². The number of carboxylic acid groups (broad SMARTS) is 1. The summed E-state index contributed by atoms with van der Waals surface area (Å²) in [4.78, 5) is 31.2. The summed E-state index contributed by atoms with van der Waals surface area (Å²) < 4.78 is 19.8. The van der Waals surface area contributed by atoms with Crippen LogP contribution in [0.15, 0.2) is 24.4 Å². The molecule has 2 atom stereocenters. The Morgan fingerprint density at radius 2 is 2.12 bits per heavy atom. The van der Waals surface area contributed by atoms with Crippen LogP contribution >= 0.6 is 11.8 Å². The zero-order valence-corrected chi connectivity index (χ0v) is 19.1. The molecular formula is C24H29FN2O4S. The van der Waals surface area contributed by atoms with Gasteiger partial charge in [0.25, 0.3) is 0 Å². The fraction of sp³-hybridized carbons (Fsp3) is 0.542. The van der Waals surface area contributed by atoms with E-state index in [1.807, 2.05) is 11.8 Å². The van der Waals surface area contributed by atoms with Crippen molar-refractivity contribution in [2.75, 3.05) is 32.5 Å². The number of carboxylic acids is 1. The Kier molecular flexibility index (Phi) is 7.30. The molecule has 1 saturated carbocycles. The van der Waals surface area contributed by atoms with Gasteiger partial charge in [0, 0.05) is 35.9 Å². The highest BCUT2D eigenvalue weighted by Gasteiger charge is 2.34. The molecule has 8 heteroatoms. The first kappa shape index (κ1) is 23.0. The number of rotatable bonds is 10. The lowest BCUT2D eigenvalue weighted by Gasteiger charge is -2.36. The van der Waals surface area contributed by atoms with Gasteiger partial charge >= 0.3 is 5.97 Å². The third-order valence-corrected chi connectivity index (χ3v) is 7.85. The van der Waals surface area contributed by atoms with Crippen molar-refractivity contribution in [3.8, 4) is 5.75 Å². The lowest BCUT2D eigenvalue weighted by Crippen LogP contribution is -2.44. The van der Waals surface area contributed by atoms with Crippen molar-refractivity contribution in [3.63, 3.8) is 0 Å². The third kappa shape index (κ3) is 5.41. The van der Waals surface area contributed by atoms with Crippen molar-refractivity contribution >= 4 is 34.4 Å². The summed E-state index contributed by atoms with van der Waals surface area (Å²) >= 11 is 1.98. The first-order valence-corrected chi connectivity index (χ1v) is 12.2. The van der Waals surface area contributed by atoms with Gasteiger partial charge in [0.1, 0.15) is 5.75 Å². The number of hydrogen-bond donors (Lipinski definition) is 1. The maximum Gasteiger partial charge on any atom is 0.308 e. The van der Waals surface area contributed by atoms with Gasteiger partial charge in [-0.05, 0) is 56.3 Å². The van der Waals surface area contributed by atoms with Gasteiger partial charge in [-0.2, -0.15) is 11.8 Å². The van der Waals surface area contributed by atoms with Crippen LogP contribution in [0.5, 0.6) is 5.75 Å². The number of benzene rings is 1. The number of halogens is 1. The number of ether oxygens (including phenoxy) is 1. The van der Waals surface area contributed by atoms with E-state index >= 15 is 0 Å². The molecular weight excluding hydrogens is 431 g/mol. The summed E-state index contributed by atoms with van der Waals surface area (Å²) in [6.07, 6.45) is 4.97. The maximum absolute atomic E-state index is 14.6. The number of fused-ring (bicyclic) bond motifs is 1. The van der Waals surface area contributed by atoms with E-state index in [-0.39, 0.29) is 23.7 Å². The number of thioether (sulfide) groups is 1. The van der Waals surface area contributed by atoms with Gasteiger partial charge in [0.05, 0.1) is 30.3 Å². The van der Waals surface area contributed by atoms with E-state index in [0.29, 0.717) is 29.6 Å². The van der Waals surface area contributed by atoms with Crippen LogP contribution in [0.4, 0.5) is 4.39 Å². The first-order chi connectivity index (χ1) is 15.5. The Hall–Kier alpha value is -2.19. The number of likely N-dealkylation sites (tertiary alicyclic amines) is 1. The zero-order valence-electron chi connectivity index (χ0n) is 18.3. The minimum Gasteiger partial charge on any atom is -0.497 e. The summed E-state index contributed by atoms with van der Waals surface area (Å²) in [6.45, 7) is 2.27. The molecule has 0 unspecified atom stereocenters. The monoisotopic (exact) mass is 460 g/mol. The molecule has 2 fully saturated rings. The Bertz CT molecular complexity index is 997. The quantitative estimate of drug-likeness (QED) is 0.531. The van der Waals surface area contributed by atoms with Crippen molar-refractivity contribution < 1.29 is 23.8 Å². The molecule has 1 aromatic carbocycles. The van der Waals surface area contributed by atoms with E-state index in [1.165, 1.54) is 20.0 Å². The highest BCUT2D eigenvalue weighted by Crippen LogP contribution is 2.35. The number of ketones is 1. The van der Waals surface area contributed by atoms with Crippen LogP contribution in [-0.2, 0) is 4.79 Å². The van der Waals surface area contributed by atoms with E-state index in [4.69, 9.17) is 4.74 Å². The van der Waals surface area contributed by atoms with E-state index in [9.17, 15) is 19.1 Å². The topological polar surface area (TPSA) is 79.7 Å². The number of aliphatic carboxylic acids is 1. The Morgan fingerprint density at radius 1 is 1.31 bits per heavy atom. The molecule has 0 spiro atoms. The molecule has 2 aromatic rings. The van der Waals surface area contributed by atoms with E-state index < -0.39 is 17.7 Å². The van der Waals surface area contributed by atoms with Crippen molar-refractivity contribution in [1.82, 2.24) is 9.88 Å². The highest BCUT2D eigenvalue weighted by atomic mass is 32.2. The van der Waals surface area contributed by atoms with E-state index in [1.54, 1.807) is 18.2 Å². The molecule has 6 nitrogen and oxygen atoms in total. The molecule has 2 heterocycles. The van der Waals surface area contributed by atoms with Crippen LogP contribution in [0.2, 0.25) is 0 Å². The fourth-order valence-electron chi connectivity index (χ4n) is 4.48. The lowest BCUT2D eigenvalue weighted by atomic mass is 9.81. The number of hydrogen-bond acceptors (Lipinski definition) is 6. The van der Waals surface area contributed by atoms with Crippen molar-refractivity contribution in [2.24, 2.45) is 11.8 Å². The number of aromatic nitrogens is 1. The molecule has 4 rings (SSSR count). The van der Waals surface area contributed by atoms with Crippen LogP contribution in [0.25, 0.3) is 10.9 Å². The average Bonchev–Trinajstić information content (AvgIpc) is 3.61. The molecule has 0 radical (unpaired) electrons. The van der Waals surface area contributed by atoms with Gasteiger partial charge in [-0.25, -0.2) is 4.39 Å². The maximum atomic E-state index is 14.6. The molecule has 32 heavy (non-hydrogen) atoms. The lowest BCUT2D eigenvalue weighted by molar-refractivity contribution is -0.146. The van der Waals surface area contributed by atoms with Crippen LogP contribution in [0.1, 0.15) is 42.5 Å². The minimum atomic E-state index is -0.813. The third-order valence-electron chi connectivity index (χ3n) is 6.49. The van der Waals surface area contributed by atoms with Gasteiger partial charge in [-0.3, -0.25) is 14.6 Å². The number of Topliss-reactive ketones (excluding diaryl/α,β-unsaturated/α-hetero) is 1. The van der Waals surface area contributed by atoms with Crippen molar-refractivity contribution in [1.29, 1.82) is 0 Å². The van der Waals surface area contributed by atoms with Crippen LogP contribution in [0.3, 0.4) is 0 Å². The fourth-order valence-corrected chi connectivity index (χ4v) is 5.65. The number of carbonyl (C=O) groups excluding carboxylic acids is 1. The number of nitrogens with zero attached hydrogens (tertiary/aromatic N) is 2. The number of carbonyl (C=O) groups is 2. The normalized spacial score (nSPS) is 21.6. The van der Waals surface area contributed by atoms with E-state index in [2.05, 4.69) is 9.88 Å². The Labute approximate surface area is 191 Å². The largest absolute Gasteiger partial charge is 0.497 e. The first-order valence-electron chi connectivity index (χ1n) is 11.2. The summed E-state index contributed by atoms with van der Waals surface area (Å²) in [6, 6.07) is 5.04. The van der Waals surface area contributed by atoms with E-state index in [0.717, 1.165) is 36.7 Å².